The first-order valence-electron chi connectivity index (χ1n) is 6.79. The molecule has 0 radical (unpaired) electrons. The molecule has 0 heterocycles. The van der Waals surface area contributed by atoms with Gasteiger partial charge in [-0.1, -0.05) is 23.7 Å². The van der Waals surface area contributed by atoms with Gasteiger partial charge in [0.1, 0.15) is 0 Å². The van der Waals surface area contributed by atoms with Crippen molar-refractivity contribution in [3.05, 3.63) is 34.9 Å². The minimum Gasteiger partial charge on any atom is -0.389 e. The molecule has 0 saturated carbocycles. The first-order chi connectivity index (χ1) is 9.61. The number of hydrogen-bond donors (Lipinski definition) is 1. The third kappa shape index (κ3) is 7.82. The Morgan fingerprint density at radius 2 is 2.00 bits per heavy atom. The van der Waals surface area contributed by atoms with Crippen LogP contribution in [0.2, 0.25) is 5.02 Å². The van der Waals surface area contributed by atoms with Crippen molar-refractivity contribution in [1.29, 1.82) is 0 Å². The van der Waals surface area contributed by atoms with Crippen LogP contribution in [0.1, 0.15) is 12.0 Å². The van der Waals surface area contributed by atoms with Crippen molar-refractivity contribution in [2.45, 2.75) is 19.1 Å². The van der Waals surface area contributed by atoms with Crippen molar-refractivity contribution < 1.29 is 14.6 Å². The van der Waals surface area contributed by atoms with Crippen molar-refractivity contribution in [2.75, 3.05) is 40.5 Å². The van der Waals surface area contributed by atoms with Crippen LogP contribution in [-0.4, -0.2) is 56.6 Å². The molecule has 0 aromatic heterocycles. The van der Waals surface area contributed by atoms with Crippen LogP contribution >= 0.6 is 11.6 Å². The van der Waals surface area contributed by atoms with E-state index in [0.29, 0.717) is 24.8 Å². The SMILES string of the molecule is COCCCN(C)CC(O)COCc1ccc(Cl)cc1. The molecule has 0 spiro atoms. The van der Waals surface area contributed by atoms with E-state index in [0.717, 1.165) is 25.1 Å². The lowest BCUT2D eigenvalue weighted by Crippen LogP contribution is -2.33. The monoisotopic (exact) mass is 301 g/mol. The largest absolute Gasteiger partial charge is 0.389 e. The van der Waals surface area contributed by atoms with Crippen LogP contribution in [-0.2, 0) is 16.1 Å². The summed E-state index contributed by atoms with van der Waals surface area (Å²) in [6, 6.07) is 7.51. The lowest BCUT2D eigenvalue weighted by molar-refractivity contribution is 0.0128. The van der Waals surface area contributed by atoms with Crippen molar-refractivity contribution >= 4 is 11.6 Å². The fourth-order valence-corrected chi connectivity index (χ4v) is 2.00. The Hall–Kier alpha value is -0.650. The van der Waals surface area contributed by atoms with E-state index in [-0.39, 0.29) is 0 Å². The molecule has 1 unspecified atom stereocenters. The highest BCUT2D eigenvalue weighted by molar-refractivity contribution is 6.30. The maximum absolute atomic E-state index is 9.88. The van der Waals surface area contributed by atoms with Crippen LogP contribution in [0.3, 0.4) is 0 Å². The van der Waals surface area contributed by atoms with Crippen molar-refractivity contribution in [1.82, 2.24) is 4.90 Å². The van der Waals surface area contributed by atoms with E-state index in [9.17, 15) is 5.11 Å². The minimum atomic E-state index is -0.477. The zero-order chi connectivity index (χ0) is 14.8. The molecule has 1 rings (SSSR count). The van der Waals surface area contributed by atoms with Crippen LogP contribution in [0.4, 0.5) is 0 Å². The Morgan fingerprint density at radius 3 is 2.65 bits per heavy atom. The summed E-state index contributed by atoms with van der Waals surface area (Å²) in [6.45, 7) is 3.07. The topological polar surface area (TPSA) is 41.9 Å². The van der Waals surface area contributed by atoms with Gasteiger partial charge in [0.2, 0.25) is 0 Å². The number of aliphatic hydroxyl groups is 1. The lowest BCUT2D eigenvalue weighted by Gasteiger charge is -2.20. The predicted molar refractivity (Wildman–Crippen MR) is 81.1 cm³/mol. The summed E-state index contributed by atoms with van der Waals surface area (Å²) in [5.41, 5.74) is 1.05. The zero-order valence-corrected chi connectivity index (χ0v) is 13.0. The molecular weight excluding hydrogens is 278 g/mol. The first-order valence-corrected chi connectivity index (χ1v) is 7.17. The third-order valence-corrected chi connectivity index (χ3v) is 3.15. The second-order valence-electron chi connectivity index (χ2n) is 4.90. The quantitative estimate of drug-likeness (QED) is 0.673. The second-order valence-corrected chi connectivity index (χ2v) is 5.34. The molecule has 0 saturated heterocycles. The Labute approximate surface area is 126 Å². The lowest BCUT2D eigenvalue weighted by atomic mass is 10.2. The van der Waals surface area contributed by atoms with Crippen LogP contribution in [0.15, 0.2) is 24.3 Å². The van der Waals surface area contributed by atoms with Crippen LogP contribution in [0, 0.1) is 0 Å². The Bertz CT molecular complexity index is 359. The fourth-order valence-electron chi connectivity index (χ4n) is 1.88. The van der Waals surface area contributed by atoms with E-state index in [2.05, 4.69) is 4.90 Å². The van der Waals surface area contributed by atoms with E-state index in [1.807, 2.05) is 31.3 Å². The highest BCUT2D eigenvalue weighted by Crippen LogP contribution is 2.10. The van der Waals surface area contributed by atoms with Crippen molar-refractivity contribution in [2.24, 2.45) is 0 Å². The van der Waals surface area contributed by atoms with E-state index in [4.69, 9.17) is 21.1 Å². The average molecular weight is 302 g/mol. The summed E-state index contributed by atoms with van der Waals surface area (Å²) in [5, 5.41) is 10.6. The molecule has 1 N–H and O–H groups in total. The number of rotatable bonds is 10. The molecule has 0 amide bonds. The van der Waals surface area contributed by atoms with Gasteiger partial charge >= 0.3 is 0 Å². The number of nitrogens with zero attached hydrogens (tertiary/aromatic N) is 1. The van der Waals surface area contributed by atoms with Gasteiger partial charge in [0, 0.05) is 31.8 Å². The molecule has 0 fully saturated rings. The smallest absolute Gasteiger partial charge is 0.0900 e. The van der Waals surface area contributed by atoms with Gasteiger partial charge < -0.3 is 19.5 Å². The molecule has 20 heavy (non-hydrogen) atoms. The number of ether oxygens (including phenoxy) is 2. The van der Waals surface area contributed by atoms with Crippen LogP contribution in [0.5, 0.6) is 0 Å². The molecule has 1 aromatic carbocycles. The van der Waals surface area contributed by atoms with Gasteiger partial charge in [-0.25, -0.2) is 0 Å². The summed E-state index contributed by atoms with van der Waals surface area (Å²) < 4.78 is 10.5. The Morgan fingerprint density at radius 1 is 1.30 bits per heavy atom. The van der Waals surface area contributed by atoms with Crippen molar-refractivity contribution in [3.8, 4) is 0 Å². The van der Waals surface area contributed by atoms with Gasteiger partial charge in [-0.3, -0.25) is 0 Å². The van der Waals surface area contributed by atoms with Gasteiger partial charge in [0.25, 0.3) is 0 Å². The summed E-state index contributed by atoms with van der Waals surface area (Å²) in [6.07, 6.45) is 0.487. The van der Waals surface area contributed by atoms with E-state index in [1.165, 1.54) is 0 Å². The van der Waals surface area contributed by atoms with Gasteiger partial charge in [-0.05, 0) is 31.2 Å². The molecule has 1 atom stereocenters. The maximum atomic E-state index is 9.88. The minimum absolute atomic E-state index is 0.331. The predicted octanol–water partition coefficient (Wildman–Crippen LogP) is 2.19. The molecule has 0 aliphatic heterocycles. The summed E-state index contributed by atoms with van der Waals surface area (Å²) in [5.74, 6) is 0. The molecule has 0 aliphatic carbocycles. The zero-order valence-electron chi connectivity index (χ0n) is 12.2. The van der Waals surface area contributed by atoms with E-state index < -0.39 is 6.10 Å². The number of aliphatic hydroxyl groups excluding tert-OH is 1. The van der Waals surface area contributed by atoms with Gasteiger partial charge in [0.05, 0.1) is 19.3 Å². The molecule has 114 valence electrons. The number of methoxy groups -OCH3 is 1. The number of likely N-dealkylation sites (N-methyl/N-ethyl adjacent to an activating group) is 1. The van der Waals surface area contributed by atoms with Gasteiger partial charge in [-0.2, -0.15) is 0 Å². The Balaban J connectivity index is 2.13. The molecule has 4 nitrogen and oxygen atoms in total. The summed E-state index contributed by atoms with van der Waals surface area (Å²) >= 11 is 5.81. The highest BCUT2D eigenvalue weighted by atomic mass is 35.5. The first kappa shape index (κ1) is 17.4. The standard InChI is InChI=1S/C15H24ClNO3/c1-17(8-3-9-19-2)10-15(18)12-20-11-13-4-6-14(16)7-5-13/h4-7,15,18H,3,8-12H2,1-2H3. The third-order valence-electron chi connectivity index (χ3n) is 2.90. The highest BCUT2D eigenvalue weighted by Gasteiger charge is 2.08. The molecule has 0 aliphatic rings. The van der Waals surface area contributed by atoms with E-state index >= 15 is 0 Å². The number of hydrogen-bond acceptors (Lipinski definition) is 4. The fraction of sp³-hybridized carbons (Fsp3) is 0.600. The number of halogens is 1. The average Bonchev–Trinajstić information content (AvgIpc) is 2.41. The van der Waals surface area contributed by atoms with Crippen LogP contribution < -0.4 is 0 Å². The number of benzene rings is 1. The normalized spacial score (nSPS) is 12.8. The molecule has 0 bridgehead atoms. The van der Waals surface area contributed by atoms with E-state index in [1.54, 1.807) is 7.11 Å². The molecule has 5 heteroatoms. The van der Waals surface area contributed by atoms with Crippen molar-refractivity contribution in [3.63, 3.8) is 0 Å². The summed E-state index contributed by atoms with van der Waals surface area (Å²) in [4.78, 5) is 2.08. The Kier molecular flexibility index (Phi) is 8.82. The van der Waals surface area contributed by atoms with Gasteiger partial charge in [0.15, 0.2) is 0 Å². The molecular formula is C15H24ClNO3. The molecule has 1 aromatic rings. The summed E-state index contributed by atoms with van der Waals surface area (Å²) in [7, 11) is 3.68. The van der Waals surface area contributed by atoms with Gasteiger partial charge in [-0.15, -0.1) is 0 Å². The maximum Gasteiger partial charge on any atom is 0.0900 e. The van der Waals surface area contributed by atoms with Crippen LogP contribution in [0.25, 0.3) is 0 Å². The second kappa shape index (κ2) is 10.1.